The van der Waals surface area contributed by atoms with Gasteiger partial charge >= 0.3 is 0 Å². The zero-order valence-corrected chi connectivity index (χ0v) is 15.4. The number of quaternary nitrogens is 1. The van der Waals surface area contributed by atoms with E-state index >= 15 is 0 Å². The maximum Gasteiger partial charge on any atom is 0.133 e. The summed E-state index contributed by atoms with van der Waals surface area (Å²) >= 11 is 0. The summed E-state index contributed by atoms with van der Waals surface area (Å²) in [7, 11) is 0. The third kappa shape index (κ3) is 3.33. The van der Waals surface area contributed by atoms with Gasteiger partial charge < -0.3 is 5.32 Å². The van der Waals surface area contributed by atoms with Crippen LogP contribution in [-0.2, 0) is 0 Å². The highest BCUT2D eigenvalue weighted by Crippen LogP contribution is 2.28. The molecule has 0 radical (unpaired) electrons. The Morgan fingerprint density at radius 2 is 1.58 bits per heavy atom. The highest BCUT2D eigenvalue weighted by atomic mass is 15.0. The average molecular weight is 341 g/mol. The molecule has 0 fully saturated rings. The van der Waals surface area contributed by atoms with Crippen LogP contribution in [0.2, 0.25) is 0 Å². The smallest absolute Gasteiger partial charge is 0.133 e. The SMILES string of the molecule is CC1=CC[C@H](c2cnc(-c3ccccc3)c(C)c2)[NH2+][C@@H]1c1ccccc1. The Labute approximate surface area is 155 Å². The summed E-state index contributed by atoms with van der Waals surface area (Å²) in [5.74, 6) is 0. The second kappa shape index (κ2) is 7.27. The molecule has 2 heterocycles. The molecule has 0 spiro atoms. The molecule has 0 saturated heterocycles. The number of hydrogen-bond donors (Lipinski definition) is 1. The number of pyridine rings is 1. The lowest BCUT2D eigenvalue weighted by Gasteiger charge is -2.28. The van der Waals surface area contributed by atoms with Gasteiger partial charge in [-0.1, -0.05) is 66.7 Å². The van der Waals surface area contributed by atoms with E-state index in [0.29, 0.717) is 12.1 Å². The molecule has 130 valence electrons. The molecule has 2 atom stereocenters. The lowest BCUT2D eigenvalue weighted by Crippen LogP contribution is -2.87. The van der Waals surface area contributed by atoms with Crippen molar-refractivity contribution in [2.75, 3.05) is 0 Å². The molecule has 2 nitrogen and oxygen atoms in total. The van der Waals surface area contributed by atoms with Crippen molar-refractivity contribution in [2.24, 2.45) is 0 Å². The molecule has 1 aromatic heterocycles. The lowest BCUT2D eigenvalue weighted by atomic mass is 9.90. The molecule has 0 amide bonds. The largest absolute Gasteiger partial charge is 0.330 e. The van der Waals surface area contributed by atoms with Crippen molar-refractivity contribution < 1.29 is 5.32 Å². The Bertz CT molecular complexity index is 913. The van der Waals surface area contributed by atoms with E-state index in [-0.39, 0.29) is 0 Å². The fourth-order valence-corrected chi connectivity index (χ4v) is 3.88. The van der Waals surface area contributed by atoms with Crippen LogP contribution < -0.4 is 5.32 Å². The first-order chi connectivity index (χ1) is 12.7. The maximum absolute atomic E-state index is 4.80. The van der Waals surface area contributed by atoms with Crippen molar-refractivity contribution in [3.63, 3.8) is 0 Å². The van der Waals surface area contributed by atoms with Gasteiger partial charge in [0.1, 0.15) is 12.1 Å². The topological polar surface area (TPSA) is 29.5 Å². The molecule has 0 unspecified atom stereocenters. The van der Waals surface area contributed by atoms with Gasteiger partial charge in [-0.25, -0.2) is 0 Å². The molecule has 0 saturated carbocycles. The van der Waals surface area contributed by atoms with Crippen LogP contribution in [0.15, 0.2) is 84.6 Å². The average Bonchev–Trinajstić information content (AvgIpc) is 2.69. The van der Waals surface area contributed by atoms with E-state index in [0.717, 1.165) is 12.1 Å². The Balaban J connectivity index is 1.61. The number of aryl methyl sites for hydroxylation is 1. The number of nitrogens with two attached hydrogens (primary N) is 1. The first-order valence-corrected chi connectivity index (χ1v) is 9.31. The highest BCUT2D eigenvalue weighted by Gasteiger charge is 2.28. The summed E-state index contributed by atoms with van der Waals surface area (Å²) in [5.41, 5.74) is 7.63. The van der Waals surface area contributed by atoms with Gasteiger partial charge in [-0.3, -0.25) is 4.98 Å². The summed E-state index contributed by atoms with van der Waals surface area (Å²) in [5, 5.41) is 2.49. The quantitative estimate of drug-likeness (QED) is 0.684. The lowest BCUT2D eigenvalue weighted by molar-refractivity contribution is -0.729. The molecular formula is C24H25N2+. The fourth-order valence-electron chi connectivity index (χ4n) is 3.88. The number of aromatic nitrogens is 1. The Kier molecular flexibility index (Phi) is 4.68. The summed E-state index contributed by atoms with van der Waals surface area (Å²) in [4.78, 5) is 4.80. The highest BCUT2D eigenvalue weighted by molar-refractivity contribution is 5.62. The molecular weight excluding hydrogens is 316 g/mol. The molecule has 2 aromatic carbocycles. The normalized spacial score (nSPS) is 19.8. The van der Waals surface area contributed by atoms with Gasteiger partial charge in [-0.15, -0.1) is 0 Å². The van der Waals surface area contributed by atoms with Crippen LogP contribution in [0.5, 0.6) is 0 Å². The van der Waals surface area contributed by atoms with Crippen LogP contribution >= 0.6 is 0 Å². The van der Waals surface area contributed by atoms with E-state index in [4.69, 9.17) is 4.98 Å². The molecule has 2 N–H and O–H groups in total. The van der Waals surface area contributed by atoms with Crippen molar-refractivity contribution in [2.45, 2.75) is 32.4 Å². The van der Waals surface area contributed by atoms with E-state index in [2.05, 4.69) is 92.1 Å². The predicted molar refractivity (Wildman–Crippen MR) is 107 cm³/mol. The zero-order valence-electron chi connectivity index (χ0n) is 15.4. The third-order valence-corrected chi connectivity index (χ3v) is 5.34. The maximum atomic E-state index is 4.80. The molecule has 1 aliphatic heterocycles. The number of benzene rings is 2. The van der Waals surface area contributed by atoms with Crippen LogP contribution in [0.25, 0.3) is 11.3 Å². The van der Waals surface area contributed by atoms with Gasteiger partial charge in [0.15, 0.2) is 0 Å². The van der Waals surface area contributed by atoms with Crippen LogP contribution in [0.4, 0.5) is 0 Å². The molecule has 0 aliphatic carbocycles. The van der Waals surface area contributed by atoms with Gasteiger partial charge in [0.2, 0.25) is 0 Å². The zero-order chi connectivity index (χ0) is 17.9. The van der Waals surface area contributed by atoms with Crippen molar-refractivity contribution in [1.82, 2.24) is 4.98 Å². The van der Waals surface area contributed by atoms with Crippen molar-refractivity contribution in [3.05, 3.63) is 101 Å². The van der Waals surface area contributed by atoms with Gasteiger partial charge in [0.25, 0.3) is 0 Å². The summed E-state index contributed by atoms with van der Waals surface area (Å²) < 4.78 is 0. The van der Waals surface area contributed by atoms with Gasteiger partial charge in [0.05, 0.1) is 5.69 Å². The van der Waals surface area contributed by atoms with Crippen LogP contribution in [0.3, 0.4) is 0 Å². The second-order valence-corrected chi connectivity index (χ2v) is 7.17. The van der Waals surface area contributed by atoms with Crippen molar-refractivity contribution in [3.8, 4) is 11.3 Å². The van der Waals surface area contributed by atoms with Gasteiger partial charge in [-0.05, 0) is 31.1 Å². The molecule has 26 heavy (non-hydrogen) atoms. The Morgan fingerprint density at radius 3 is 2.27 bits per heavy atom. The summed E-state index contributed by atoms with van der Waals surface area (Å²) in [6.45, 7) is 4.41. The van der Waals surface area contributed by atoms with Gasteiger partial charge in [0, 0.05) is 29.3 Å². The van der Waals surface area contributed by atoms with E-state index in [1.165, 1.54) is 27.8 Å². The predicted octanol–water partition coefficient (Wildman–Crippen LogP) is 4.75. The van der Waals surface area contributed by atoms with E-state index < -0.39 is 0 Å². The van der Waals surface area contributed by atoms with Crippen LogP contribution in [-0.4, -0.2) is 4.98 Å². The molecule has 2 heteroatoms. The molecule has 4 rings (SSSR count). The van der Waals surface area contributed by atoms with E-state index in [1.807, 2.05) is 6.07 Å². The van der Waals surface area contributed by atoms with Crippen LogP contribution in [0.1, 0.15) is 42.1 Å². The molecule has 1 aliphatic rings. The van der Waals surface area contributed by atoms with E-state index in [9.17, 15) is 0 Å². The fraction of sp³-hybridized carbons (Fsp3) is 0.208. The standard InChI is InChI=1S/C24H24N2/c1-17-13-14-22(26-24(17)20-11-7-4-8-12-20)21-15-18(2)23(25-16-21)19-9-5-3-6-10-19/h3-13,15-16,22,24,26H,14H2,1-2H3/p+1/t22-,24+/m1/s1. The van der Waals surface area contributed by atoms with Crippen LogP contribution in [0, 0.1) is 6.92 Å². The third-order valence-electron chi connectivity index (χ3n) is 5.34. The van der Waals surface area contributed by atoms with E-state index in [1.54, 1.807) is 0 Å². The first kappa shape index (κ1) is 16.7. The number of nitrogens with zero attached hydrogens (tertiary/aromatic N) is 1. The summed E-state index contributed by atoms with van der Waals surface area (Å²) in [6, 6.07) is 24.3. The first-order valence-electron chi connectivity index (χ1n) is 9.31. The number of rotatable bonds is 3. The number of hydrogen-bond acceptors (Lipinski definition) is 1. The van der Waals surface area contributed by atoms with Crippen molar-refractivity contribution >= 4 is 0 Å². The molecule has 3 aromatic rings. The van der Waals surface area contributed by atoms with Gasteiger partial charge in [-0.2, -0.15) is 0 Å². The monoisotopic (exact) mass is 341 g/mol. The van der Waals surface area contributed by atoms with Crippen molar-refractivity contribution in [1.29, 1.82) is 0 Å². The summed E-state index contributed by atoms with van der Waals surface area (Å²) in [6.07, 6.45) is 5.51. The Hall–Kier alpha value is -2.71. The minimum absolute atomic E-state index is 0.393. The minimum atomic E-state index is 0.393. The molecule has 0 bridgehead atoms. The second-order valence-electron chi connectivity index (χ2n) is 7.17. The minimum Gasteiger partial charge on any atom is -0.330 e. The Morgan fingerprint density at radius 1 is 0.885 bits per heavy atom.